The fourth-order valence-corrected chi connectivity index (χ4v) is 2.75. The molecule has 0 aliphatic heterocycles. The first-order chi connectivity index (χ1) is 8.11. The molecule has 6 heteroatoms. The van der Waals surface area contributed by atoms with E-state index in [4.69, 9.17) is 17.3 Å². The van der Waals surface area contributed by atoms with Crippen molar-refractivity contribution in [2.24, 2.45) is 5.73 Å². The molecule has 1 aromatic heterocycles. The van der Waals surface area contributed by atoms with E-state index in [-0.39, 0.29) is 6.04 Å². The van der Waals surface area contributed by atoms with E-state index >= 15 is 0 Å². The first-order valence-electron chi connectivity index (χ1n) is 5.16. The predicted molar refractivity (Wildman–Crippen MR) is 80.3 cm³/mol. The second-order valence-electron chi connectivity index (χ2n) is 3.59. The summed E-state index contributed by atoms with van der Waals surface area (Å²) in [6.45, 7) is 2.04. The molecule has 1 atom stereocenters. The molecule has 0 saturated heterocycles. The predicted octanol–water partition coefficient (Wildman–Crippen LogP) is 3.87. The van der Waals surface area contributed by atoms with Crippen LogP contribution in [-0.2, 0) is 0 Å². The average Bonchev–Trinajstić information content (AvgIpc) is 2.81. The summed E-state index contributed by atoms with van der Waals surface area (Å²) >= 11 is 9.81. The van der Waals surface area contributed by atoms with Gasteiger partial charge in [0.2, 0.25) is 0 Å². The van der Waals surface area contributed by atoms with Crippen molar-refractivity contribution < 1.29 is 0 Å². The van der Waals surface area contributed by atoms with Crippen LogP contribution in [0.2, 0.25) is 5.02 Å². The second kappa shape index (κ2) is 5.60. The molecule has 0 aliphatic carbocycles. The van der Waals surface area contributed by atoms with Gasteiger partial charge in [-0.25, -0.2) is 0 Å². The lowest BCUT2D eigenvalue weighted by Crippen LogP contribution is -2.07. The third kappa shape index (κ3) is 2.96. The zero-order valence-corrected chi connectivity index (χ0v) is 12.9. The van der Waals surface area contributed by atoms with Crippen LogP contribution in [0.1, 0.15) is 24.4 Å². The molecule has 2 aromatic rings. The number of aromatic nitrogens is 2. The number of hydrogen-bond acceptors (Lipinski definition) is 4. The number of nitrogens with two attached hydrogens (primary N) is 1. The van der Waals surface area contributed by atoms with Gasteiger partial charge < -0.3 is 5.73 Å². The Hall–Kier alpha value is -0.240. The standard InChI is InChI=1S/C11H11ClIN3S/c1-2-9(14)11-16-15-10(17-11)6-3-4-8(13)7(12)5-6/h3-5,9H,2,14H2,1H3. The molecule has 0 aliphatic rings. The van der Waals surface area contributed by atoms with Crippen molar-refractivity contribution in [1.29, 1.82) is 0 Å². The SMILES string of the molecule is CCC(N)c1nnc(-c2ccc(I)c(Cl)c2)s1. The van der Waals surface area contributed by atoms with Crippen molar-refractivity contribution in [2.75, 3.05) is 0 Å². The molecule has 17 heavy (non-hydrogen) atoms. The summed E-state index contributed by atoms with van der Waals surface area (Å²) in [5.74, 6) is 0. The molecule has 0 bridgehead atoms. The zero-order chi connectivity index (χ0) is 12.4. The average molecular weight is 380 g/mol. The van der Waals surface area contributed by atoms with E-state index in [0.717, 1.165) is 30.6 Å². The van der Waals surface area contributed by atoms with Crippen LogP contribution in [-0.4, -0.2) is 10.2 Å². The Kier molecular flexibility index (Phi) is 4.35. The number of halogens is 2. The lowest BCUT2D eigenvalue weighted by molar-refractivity contribution is 0.683. The van der Waals surface area contributed by atoms with E-state index in [0.29, 0.717) is 0 Å². The van der Waals surface area contributed by atoms with Crippen molar-refractivity contribution in [1.82, 2.24) is 10.2 Å². The Morgan fingerprint density at radius 2 is 2.24 bits per heavy atom. The lowest BCUT2D eigenvalue weighted by Gasteiger charge is -2.01. The van der Waals surface area contributed by atoms with Gasteiger partial charge in [0.1, 0.15) is 10.0 Å². The van der Waals surface area contributed by atoms with Crippen LogP contribution in [0.15, 0.2) is 18.2 Å². The van der Waals surface area contributed by atoms with Crippen molar-refractivity contribution in [3.05, 3.63) is 31.8 Å². The lowest BCUT2D eigenvalue weighted by atomic mass is 10.2. The minimum atomic E-state index is -0.0272. The minimum Gasteiger partial charge on any atom is -0.322 e. The van der Waals surface area contributed by atoms with Crippen molar-refractivity contribution >= 4 is 45.5 Å². The van der Waals surface area contributed by atoms with Crippen LogP contribution in [0.3, 0.4) is 0 Å². The molecule has 1 aromatic carbocycles. The summed E-state index contributed by atoms with van der Waals surface area (Å²) in [7, 11) is 0. The maximum Gasteiger partial charge on any atom is 0.147 e. The fraction of sp³-hybridized carbons (Fsp3) is 0.273. The van der Waals surface area contributed by atoms with Crippen LogP contribution in [0, 0.1) is 3.57 Å². The van der Waals surface area contributed by atoms with Gasteiger partial charge in [-0.15, -0.1) is 10.2 Å². The highest BCUT2D eigenvalue weighted by atomic mass is 127. The molecular weight excluding hydrogens is 369 g/mol. The van der Waals surface area contributed by atoms with Crippen LogP contribution >= 0.6 is 45.5 Å². The third-order valence-corrected chi connectivity index (χ3v) is 5.04. The highest BCUT2D eigenvalue weighted by molar-refractivity contribution is 14.1. The Morgan fingerprint density at radius 1 is 1.47 bits per heavy atom. The zero-order valence-electron chi connectivity index (χ0n) is 9.15. The molecule has 2 N–H and O–H groups in total. The summed E-state index contributed by atoms with van der Waals surface area (Å²) in [5.41, 5.74) is 6.91. The van der Waals surface area contributed by atoms with Gasteiger partial charge in [0.15, 0.2) is 0 Å². The quantitative estimate of drug-likeness (QED) is 0.824. The van der Waals surface area contributed by atoms with E-state index in [1.54, 1.807) is 0 Å². The van der Waals surface area contributed by atoms with Crippen molar-refractivity contribution in [3.63, 3.8) is 0 Å². The van der Waals surface area contributed by atoms with Crippen LogP contribution < -0.4 is 5.73 Å². The normalized spacial score (nSPS) is 12.7. The van der Waals surface area contributed by atoms with E-state index in [2.05, 4.69) is 32.8 Å². The van der Waals surface area contributed by atoms with Crippen LogP contribution in [0.4, 0.5) is 0 Å². The Balaban J connectivity index is 2.33. The highest BCUT2D eigenvalue weighted by Gasteiger charge is 2.12. The Labute approximate surface area is 123 Å². The smallest absolute Gasteiger partial charge is 0.147 e. The fourth-order valence-electron chi connectivity index (χ4n) is 1.30. The van der Waals surface area contributed by atoms with Gasteiger partial charge in [-0.05, 0) is 41.1 Å². The summed E-state index contributed by atoms with van der Waals surface area (Å²) in [5, 5.41) is 10.7. The van der Waals surface area contributed by atoms with Gasteiger partial charge >= 0.3 is 0 Å². The van der Waals surface area contributed by atoms with E-state index in [1.165, 1.54) is 11.3 Å². The van der Waals surface area contributed by atoms with Crippen molar-refractivity contribution in [2.45, 2.75) is 19.4 Å². The summed E-state index contributed by atoms with van der Waals surface area (Å²) in [6.07, 6.45) is 0.863. The maximum atomic E-state index is 6.08. The first kappa shape index (κ1) is 13.2. The van der Waals surface area contributed by atoms with Gasteiger partial charge in [0, 0.05) is 9.13 Å². The Bertz CT molecular complexity index is 529. The van der Waals surface area contributed by atoms with E-state index < -0.39 is 0 Å². The molecule has 1 heterocycles. The number of hydrogen-bond donors (Lipinski definition) is 1. The summed E-state index contributed by atoms with van der Waals surface area (Å²) in [4.78, 5) is 0. The van der Waals surface area contributed by atoms with Gasteiger partial charge in [-0.3, -0.25) is 0 Å². The molecule has 2 rings (SSSR count). The first-order valence-corrected chi connectivity index (χ1v) is 7.43. The molecule has 0 amide bonds. The van der Waals surface area contributed by atoms with Crippen LogP contribution in [0.25, 0.3) is 10.6 Å². The van der Waals surface area contributed by atoms with Crippen LogP contribution in [0.5, 0.6) is 0 Å². The maximum absolute atomic E-state index is 6.08. The monoisotopic (exact) mass is 379 g/mol. The summed E-state index contributed by atoms with van der Waals surface area (Å²) in [6, 6.07) is 5.85. The van der Waals surface area contributed by atoms with Gasteiger partial charge in [-0.2, -0.15) is 0 Å². The Morgan fingerprint density at radius 3 is 2.88 bits per heavy atom. The highest BCUT2D eigenvalue weighted by Crippen LogP contribution is 2.30. The summed E-state index contributed by atoms with van der Waals surface area (Å²) < 4.78 is 1.03. The molecule has 0 radical (unpaired) electrons. The molecule has 1 unspecified atom stereocenters. The molecule has 0 fully saturated rings. The second-order valence-corrected chi connectivity index (χ2v) is 6.17. The largest absolute Gasteiger partial charge is 0.322 e. The number of benzene rings is 1. The molecule has 90 valence electrons. The number of rotatable bonds is 3. The van der Waals surface area contributed by atoms with Gasteiger partial charge in [0.05, 0.1) is 11.1 Å². The number of nitrogens with zero attached hydrogens (tertiary/aromatic N) is 2. The van der Waals surface area contributed by atoms with Gasteiger partial charge in [-0.1, -0.05) is 35.9 Å². The van der Waals surface area contributed by atoms with E-state index in [1.807, 2.05) is 25.1 Å². The molecular formula is C11H11ClIN3S. The molecule has 0 spiro atoms. The topological polar surface area (TPSA) is 51.8 Å². The molecule has 3 nitrogen and oxygen atoms in total. The van der Waals surface area contributed by atoms with E-state index in [9.17, 15) is 0 Å². The van der Waals surface area contributed by atoms with Gasteiger partial charge in [0.25, 0.3) is 0 Å². The third-order valence-electron chi connectivity index (χ3n) is 2.36. The molecule has 0 saturated carbocycles. The van der Waals surface area contributed by atoms with Crippen molar-refractivity contribution in [3.8, 4) is 10.6 Å². The minimum absolute atomic E-state index is 0.0272.